The Balaban J connectivity index is 1.58. The predicted molar refractivity (Wildman–Crippen MR) is 95.9 cm³/mol. The second kappa shape index (κ2) is 7.39. The molecule has 23 heavy (non-hydrogen) atoms. The largest absolute Gasteiger partial charge is 0.330 e. The van der Waals surface area contributed by atoms with Crippen molar-refractivity contribution < 1.29 is 4.79 Å². The molecule has 0 spiro atoms. The summed E-state index contributed by atoms with van der Waals surface area (Å²) in [7, 11) is 0. The van der Waals surface area contributed by atoms with E-state index < -0.39 is 0 Å². The molecule has 4 nitrogen and oxygen atoms in total. The molecule has 0 radical (unpaired) electrons. The highest BCUT2D eigenvalue weighted by Crippen LogP contribution is 2.28. The van der Waals surface area contributed by atoms with Crippen LogP contribution in [0.2, 0.25) is 0 Å². The van der Waals surface area contributed by atoms with Gasteiger partial charge in [-0.15, -0.1) is 10.2 Å². The highest BCUT2D eigenvalue weighted by Gasteiger charge is 2.10. The quantitative estimate of drug-likeness (QED) is 0.526. The first-order valence-electron chi connectivity index (χ1n) is 7.09. The average Bonchev–Trinajstić information content (AvgIpc) is 3.01. The van der Waals surface area contributed by atoms with Gasteiger partial charge in [-0.05, 0) is 24.6 Å². The third-order valence-electron chi connectivity index (χ3n) is 3.10. The summed E-state index contributed by atoms with van der Waals surface area (Å²) in [6, 6.07) is 17.4. The fraction of sp³-hybridized carbons (Fsp3) is 0.118. The molecule has 0 fully saturated rings. The molecule has 0 aliphatic rings. The van der Waals surface area contributed by atoms with E-state index in [1.807, 2.05) is 61.5 Å². The van der Waals surface area contributed by atoms with Crippen molar-refractivity contribution in [1.29, 1.82) is 0 Å². The van der Waals surface area contributed by atoms with Crippen LogP contribution in [0.25, 0.3) is 0 Å². The average molecular weight is 341 g/mol. The van der Waals surface area contributed by atoms with E-state index in [4.69, 9.17) is 0 Å². The highest BCUT2D eigenvalue weighted by molar-refractivity contribution is 8.01. The minimum absolute atomic E-state index is 0.0963. The molecule has 0 atom stereocenters. The highest BCUT2D eigenvalue weighted by atomic mass is 32.2. The number of benzene rings is 2. The van der Waals surface area contributed by atoms with Crippen molar-refractivity contribution in [3.05, 3.63) is 65.7 Å². The van der Waals surface area contributed by atoms with Crippen LogP contribution >= 0.6 is 23.1 Å². The van der Waals surface area contributed by atoms with Gasteiger partial charge in [0.25, 0.3) is 0 Å². The number of ketones is 1. The molecule has 1 aromatic heterocycles. The number of Topliss-reactive ketones (excluding diaryl/α,β-unsaturated/α-hetero) is 1. The van der Waals surface area contributed by atoms with E-state index in [1.165, 1.54) is 28.7 Å². The summed E-state index contributed by atoms with van der Waals surface area (Å²) in [5.41, 5.74) is 2.89. The first-order valence-corrected chi connectivity index (χ1v) is 8.89. The second-order valence-electron chi connectivity index (χ2n) is 4.95. The molecule has 0 saturated heterocycles. The van der Waals surface area contributed by atoms with Gasteiger partial charge in [0.1, 0.15) is 0 Å². The Bertz CT molecular complexity index is 802. The summed E-state index contributed by atoms with van der Waals surface area (Å²) >= 11 is 2.86. The summed E-state index contributed by atoms with van der Waals surface area (Å²) < 4.78 is 0.782. The number of carbonyl (C=O) groups is 1. The minimum atomic E-state index is 0.0963. The Hall–Kier alpha value is -2.18. The predicted octanol–water partition coefficient (Wildman–Crippen LogP) is 4.57. The van der Waals surface area contributed by atoms with E-state index in [2.05, 4.69) is 15.5 Å². The lowest BCUT2D eigenvalue weighted by molar-refractivity contribution is 0.102. The van der Waals surface area contributed by atoms with Crippen LogP contribution in [0.15, 0.2) is 58.9 Å². The van der Waals surface area contributed by atoms with Gasteiger partial charge in [-0.1, -0.05) is 65.6 Å². The van der Waals surface area contributed by atoms with Gasteiger partial charge in [0.2, 0.25) is 5.13 Å². The molecular formula is C17H15N3OS2. The number of hydrogen-bond donors (Lipinski definition) is 1. The zero-order chi connectivity index (χ0) is 16.1. The lowest BCUT2D eigenvalue weighted by Gasteiger charge is -2.01. The van der Waals surface area contributed by atoms with Gasteiger partial charge >= 0.3 is 0 Å². The summed E-state index contributed by atoms with van der Waals surface area (Å²) in [5, 5.41) is 12.2. The number of nitrogens with zero attached hydrogens (tertiary/aromatic N) is 2. The van der Waals surface area contributed by atoms with Crippen LogP contribution in [0, 0.1) is 6.92 Å². The van der Waals surface area contributed by atoms with Crippen molar-refractivity contribution >= 4 is 39.7 Å². The van der Waals surface area contributed by atoms with Crippen molar-refractivity contribution in [1.82, 2.24) is 10.2 Å². The number of anilines is 2. The number of aromatic nitrogens is 2. The van der Waals surface area contributed by atoms with Crippen molar-refractivity contribution in [2.75, 3.05) is 11.1 Å². The molecule has 0 aliphatic carbocycles. The molecule has 116 valence electrons. The maximum Gasteiger partial charge on any atom is 0.210 e. The van der Waals surface area contributed by atoms with E-state index in [0.29, 0.717) is 5.75 Å². The molecule has 0 bridgehead atoms. The monoisotopic (exact) mass is 341 g/mol. The number of nitrogens with one attached hydrogen (secondary N) is 1. The van der Waals surface area contributed by atoms with E-state index in [9.17, 15) is 4.79 Å². The van der Waals surface area contributed by atoms with Crippen molar-refractivity contribution in [2.45, 2.75) is 11.3 Å². The minimum Gasteiger partial charge on any atom is -0.330 e. The number of rotatable bonds is 6. The number of aryl methyl sites for hydroxylation is 1. The van der Waals surface area contributed by atoms with E-state index in [1.54, 1.807) is 0 Å². The molecule has 2 aromatic carbocycles. The lowest BCUT2D eigenvalue weighted by Crippen LogP contribution is -2.01. The summed E-state index contributed by atoms with van der Waals surface area (Å²) in [4.78, 5) is 12.1. The standard InChI is InChI=1S/C17H15N3OS2/c1-12-6-5-9-14(10-12)18-16-19-20-17(23-16)22-11-15(21)13-7-3-2-4-8-13/h2-10H,11H2,1H3,(H,18,19). The third-order valence-corrected chi connectivity index (χ3v) is 5.07. The fourth-order valence-corrected chi connectivity index (χ4v) is 3.67. The Morgan fingerprint density at radius 3 is 2.74 bits per heavy atom. The van der Waals surface area contributed by atoms with Crippen molar-refractivity contribution in [2.24, 2.45) is 0 Å². The molecule has 0 unspecified atom stereocenters. The topological polar surface area (TPSA) is 54.9 Å². The van der Waals surface area contributed by atoms with Gasteiger partial charge < -0.3 is 5.32 Å². The Labute approximate surface area is 143 Å². The molecule has 0 saturated carbocycles. The zero-order valence-electron chi connectivity index (χ0n) is 12.5. The summed E-state index contributed by atoms with van der Waals surface area (Å²) in [5.74, 6) is 0.460. The Kier molecular flexibility index (Phi) is 5.05. The van der Waals surface area contributed by atoms with Crippen LogP contribution in [0.5, 0.6) is 0 Å². The Morgan fingerprint density at radius 1 is 1.13 bits per heavy atom. The summed E-state index contributed by atoms with van der Waals surface area (Å²) in [6.07, 6.45) is 0. The number of thioether (sulfide) groups is 1. The fourth-order valence-electron chi connectivity index (χ4n) is 2.00. The van der Waals surface area contributed by atoms with E-state index in [0.717, 1.165) is 20.7 Å². The van der Waals surface area contributed by atoms with Crippen molar-refractivity contribution in [3.8, 4) is 0 Å². The number of hydrogen-bond acceptors (Lipinski definition) is 6. The number of carbonyl (C=O) groups excluding carboxylic acids is 1. The maximum absolute atomic E-state index is 12.1. The van der Waals surface area contributed by atoms with E-state index >= 15 is 0 Å². The Morgan fingerprint density at radius 2 is 1.96 bits per heavy atom. The SMILES string of the molecule is Cc1cccc(Nc2nnc(SCC(=O)c3ccccc3)s2)c1. The molecule has 6 heteroatoms. The molecule has 3 aromatic rings. The van der Waals surface area contributed by atoms with Crippen LogP contribution in [0.3, 0.4) is 0 Å². The molecule has 0 aliphatic heterocycles. The molecule has 1 heterocycles. The van der Waals surface area contributed by atoms with Crippen LogP contribution < -0.4 is 5.32 Å². The molecule has 0 amide bonds. The van der Waals surface area contributed by atoms with Gasteiger partial charge in [0, 0.05) is 11.3 Å². The zero-order valence-corrected chi connectivity index (χ0v) is 14.2. The van der Waals surface area contributed by atoms with Gasteiger partial charge in [-0.3, -0.25) is 4.79 Å². The van der Waals surface area contributed by atoms with Crippen LogP contribution in [-0.2, 0) is 0 Å². The molecule has 3 rings (SSSR count). The second-order valence-corrected chi connectivity index (χ2v) is 7.15. The first-order chi connectivity index (χ1) is 11.2. The molecule has 1 N–H and O–H groups in total. The van der Waals surface area contributed by atoms with Gasteiger partial charge in [-0.2, -0.15) is 0 Å². The lowest BCUT2D eigenvalue weighted by atomic mass is 10.2. The summed E-state index contributed by atoms with van der Waals surface area (Å²) in [6.45, 7) is 2.04. The van der Waals surface area contributed by atoms with E-state index in [-0.39, 0.29) is 5.78 Å². The van der Waals surface area contributed by atoms with Gasteiger partial charge in [-0.25, -0.2) is 0 Å². The van der Waals surface area contributed by atoms with Crippen LogP contribution in [-0.4, -0.2) is 21.7 Å². The third kappa shape index (κ3) is 4.40. The normalized spacial score (nSPS) is 10.5. The maximum atomic E-state index is 12.1. The van der Waals surface area contributed by atoms with Gasteiger partial charge in [0.05, 0.1) is 5.75 Å². The molecular weight excluding hydrogens is 326 g/mol. The van der Waals surface area contributed by atoms with Gasteiger partial charge in [0.15, 0.2) is 10.1 Å². The van der Waals surface area contributed by atoms with Crippen LogP contribution in [0.4, 0.5) is 10.8 Å². The van der Waals surface area contributed by atoms with Crippen LogP contribution in [0.1, 0.15) is 15.9 Å². The smallest absolute Gasteiger partial charge is 0.210 e. The van der Waals surface area contributed by atoms with Crippen molar-refractivity contribution in [3.63, 3.8) is 0 Å². The first kappa shape index (κ1) is 15.7.